The molecule has 10 aromatic rings. The summed E-state index contributed by atoms with van der Waals surface area (Å²) in [6.07, 6.45) is 15.4. The Morgan fingerprint density at radius 1 is 0.446 bits per heavy atom. The van der Waals surface area contributed by atoms with Gasteiger partial charge in [0.05, 0.1) is 22.1 Å². The highest BCUT2D eigenvalue weighted by Gasteiger charge is 2.33. The molecule has 266 valence electrons. The Labute approximate surface area is 323 Å². The summed E-state index contributed by atoms with van der Waals surface area (Å²) in [4.78, 5) is 18.9. The summed E-state index contributed by atoms with van der Waals surface area (Å²) in [6, 6.07) is 35.7. The molecule has 0 atom stereocenters. The van der Waals surface area contributed by atoms with Crippen LogP contribution < -0.4 is 0 Å². The molecule has 0 spiro atoms. The van der Waals surface area contributed by atoms with E-state index in [1.54, 1.807) is 0 Å². The molecule has 0 saturated carbocycles. The molecule has 4 aromatic carbocycles. The number of hydrogen-bond acceptors (Lipinski definition) is 4. The van der Waals surface area contributed by atoms with E-state index in [-0.39, 0.29) is 0 Å². The van der Waals surface area contributed by atoms with Gasteiger partial charge in [0.15, 0.2) is 0 Å². The first-order valence-corrected chi connectivity index (χ1v) is 19.5. The highest BCUT2D eigenvalue weighted by atomic mass is 15.1. The Balaban J connectivity index is 1.18. The first-order chi connectivity index (χ1) is 27.6. The molecule has 6 heteroatoms. The van der Waals surface area contributed by atoms with Crippen molar-refractivity contribution in [1.82, 2.24) is 29.1 Å². The molecule has 0 unspecified atom stereocenters. The van der Waals surface area contributed by atoms with Gasteiger partial charge in [0.2, 0.25) is 0 Å². The van der Waals surface area contributed by atoms with Crippen molar-refractivity contribution in [3.8, 4) is 45.0 Å². The first kappa shape index (κ1) is 31.4. The molecule has 0 aliphatic heterocycles. The van der Waals surface area contributed by atoms with Crippen molar-refractivity contribution in [2.24, 2.45) is 0 Å². The standard InChI is InChI=1S/C50H36N6/c1-29-15-19-53-45(21-29)55-43-13-9-31(35-5-3-17-51-27-35)23-39(43)41-25-33-8-12-38-48-34(7-11-37(47(33)48)49(41)55)26-42-40-24-32(36-6-4-18-52-28-36)10-14-44(40)56(50(38)42)46-22-30(2)16-20-54-46/h3-6,9-10,13-28H,7-8,11-12H2,1-2H3. The number of aryl methyl sites for hydroxylation is 6. The average Bonchev–Trinajstić information content (AvgIpc) is 3.75. The van der Waals surface area contributed by atoms with E-state index in [2.05, 4.69) is 118 Å². The quantitative estimate of drug-likeness (QED) is 0.182. The molecule has 0 N–H and O–H groups in total. The number of nitrogens with zero attached hydrogens (tertiary/aromatic N) is 6. The highest BCUT2D eigenvalue weighted by Crippen LogP contribution is 2.51. The highest BCUT2D eigenvalue weighted by molar-refractivity contribution is 6.16. The molecule has 0 amide bonds. The summed E-state index contributed by atoms with van der Waals surface area (Å²) in [5, 5.41) is 5.12. The van der Waals surface area contributed by atoms with Crippen molar-refractivity contribution in [3.63, 3.8) is 0 Å². The second kappa shape index (κ2) is 11.8. The summed E-state index contributed by atoms with van der Waals surface area (Å²) < 4.78 is 4.87. The Morgan fingerprint density at radius 2 is 0.929 bits per heavy atom. The van der Waals surface area contributed by atoms with Gasteiger partial charge >= 0.3 is 0 Å². The van der Waals surface area contributed by atoms with E-state index >= 15 is 0 Å². The van der Waals surface area contributed by atoms with Gasteiger partial charge in [-0.15, -0.1) is 0 Å². The predicted octanol–water partition coefficient (Wildman–Crippen LogP) is 11.3. The smallest absolute Gasteiger partial charge is 0.137 e. The van der Waals surface area contributed by atoms with Crippen LogP contribution in [0.1, 0.15) is 33.4 Å². The minimum atomic E-state index is 0.961. The maximum Gasteiger partial charge on any atom is 0.137 e. The van der Waals surface area contributed by atoms with Crippen molar-refractivity contribution < 1.29 is 0 Å². The fourth-order valence-electron chi connectivity index (χ4n) is 9.85. The van der Waals surface area contributed by atoms with Gasteiger partial charge < -0.3 is 0 Å². The molecule has 56 heavy (non-hydrogen) atoms. The van der Waals surface area contributed by atoms with Crippen LogP contribution in [-0.4, -0.2) is 29.1 Å². The molecule has 6 aromatic heterocycles. The topological polar surface area (TPSA) is 61.4 Å². The van der Waals surface area contributed by atoms with Gasteiger partial charge in [-0.1, -0.05) is 24.3 Å². The lowest BCUT2D eigenvalue weighted by atomic mass is 9.74. The predicted molar refractivity (Wildman–Crippen MR) is 227 cm³/mol. The van der Waals surface area contributed by atoms with E-state index in [0.717, 1.165) is 48.4 Å². The van der Waals surface area contributed by atoms with Gasteiger partial charge in [0.25, 0.3) is 0 Å². The molecule has 6 nitrogen and oxygen atoms in total. The molecular weight excluding hydrogens is 685 g/mol. The molecule has 0 bridgehead atoms. The molecule has 6 heterocycles. The molecule has 12 rings (SSSR count). The van der Waals surface area contributed by atoms with Crippen molar-refractivity contribution in [1.29, 1.82) is 0 Å². The van der Waals surface area contributed by atoms with Gasteiger partial charge in [-0.2, -0.15) is 0 Å². The zero-order chi connectivity index (χ0) is 37.1. The molecule has 0 saturated heterocycles. The second-order valence-corrected chi connectivity index (χ2v) is 15.6. The fourth-order valence-corrected chi connectivity index (χ4v) is 9.85. The van der Waals surface area contributed by atoms with Crippen molar-refractivity contribution in [2.45, 2.75) is 39.5 Å². The lowest BCUT2D eigenvalue weighted by Crippen LogP contribution is -2.16. The molecule has 2 aliphatic carbocycles. The van der Waals surface area contributed by atoms with Crippen LogP contribution in [0.4, 0.5) is 0 Å². The third kappa shape index (κ3) is 4.50. The van der Waals surface area contributed by atoms with Crippen LogP contribution in [0.25, 0.3) is 88.6 Å². The van der Waals surface area contributed by atoms with E-state index in [1.165, 1.54) is 99.2 Å². The van der Waals surface area contributed by atoms with Crippen LogP contribution in [0.15, 0.2) is 134 Å². The van der Waals surface area contributed by atoms with Gasteiger partial charge in [-0.25, -0.2) is 9.97 Å². The van der Waals surface area contributed by atoms with E-state index in [9.17, 15) is 0 Å². The third-order valence-corrected chi connectivity index (χ3v) is 12.3. The zero-order valence-corrected chi connectivity index (χ0v) is 31.2. The van der Waals surface area contributed by atoms with E-state index in [1.807, 2.05) is 49.3 Å². The minimum absolute atomic E-state index is 0.961. The van der Waals surface area contributed by atoms with Crippen LogP contribution >= 0.6 is 0 Å². The van der Waals surface area contributed by atoms with Crippen LogP contribution in [0, 0.1) is 13.8 Å². The van der Waals surface area contributed by atoms with E-state index < -0.39 is 0 Å². The average molecular weight is 721 g/mol. The number of benzene rings is 4. The van der Waals surface area contributed by atoms with E-state index in [4.69, 9.17) is 9.97 Å². The summed E-state index contributed by atoms with van der Waals surface area (Å²) in [5.41, 5.74) is 20.5. The zero-order valence-electron chi connectivity index (χ0n) is 31.2. The van der Waals surface area contributed by atoms with Gasteiger partial charge in [0, 0.05) is 69.9 Å². The summed E-state index contributed by atoms with van der Waals surface area (Å²) in [7, 11) is 0. The largest absolute Gasteiger partial charge is 0.293 e. The molecule has 0 fully saturated rings. The lowest BCUT2D eigenvalue weighted by Gasteiger charge is -2.31. The number of hydrogen-bond donors (Lipinski definition) is 0. The minimum Gasteiger partial charge on any atom is -0.293 e. The first-order valence-electron chi connectivity index (χ1n) is 19.5. The van der Waals surface area contributed by atoms with Gasteiger partial charge in [-0.3, -0.25) is 19.1 Å². The van der Waals surface area contributed by atoms with Crippen LogP contribution in [0.3, 0.4) is 0 Å². The monoisotopic (exact) mass is 720 g/mol. The maximum absolute atomic E-state index is 5.00. The SMILES string of the molecule is Cc1ccnc(-n2c3ccc(-c4cccnc4)cc3c3cc4c5c(c32)CCc2cc3c6cc(-c7cccnc7)ccc6n(-c6cc(C)ccn6)c3c(c2-5)CC4)c1. The fraction of sp³-hybridized carbons (Fsp3) is 0.120. The number of rotatable bonds is 4. The van der Waals surface area contributed by atoms with Crippen LogP contribution in [0.5, 0.6) is 0 Å². The van der Waals surface area contributed by atoms with Crippen LogP contribution in [-0.2, 0) is 25.7 Å². The summed E-state index contributed by atoms with van der Waals surface area (Å²) in [6.45, 7) is 4.31. The molecule has 0 radical (unpaired) electrons. The van der Waals surface area contributed by atoms with Gasteiger partial charge in [-0.05, 0) is 168 Å². The van der Waals surface area contributed by atoms with Gasteiger partial charge in [0.1, 0.15) is 11.6 Å². The summed E-state index contributed by atoms with van der Waals surface area (Å²) >= 11 is 0. The molecular formula is C50H36N6. The summed E-state index contributed by atoms with van der Waals surface area (Å²) in [5.74, 6) is 1.92. The van der Waals surface area contributed by atoms with Crippen molar-refractivity contribution >= 4 is 43.6 Å². The Kier molecular flexibility index (Phi) is 6.62. The lowest BCUT2D eigenvalue weighted by molar-refractivity contribution is 0.881. The number of pyridine rings is 4. The van der Waals surface area contributed by atoms with E-state index in [0.29, 0.717) is 0 Å². The second-order valence-electron chi connectivity index (χ2n) is 15.6. The number of fused-ring (bicyclic) bond motifs is 8. The van der Waals surface area contributed by atoms with Crippen LogP contribution in [0.2, 0.25) is 0 Å². The van der Waals surface area contributed by atoms with Crippen molar-refractivity contribution in [3.05, 3.63) is 168 Å². The van der Waals surface area contributed by atoms with Crippen molar-refractivity contribution in [2.75, 3.05) is 0 Å². The normalized spacial score (nSPS) is 13.2. The number of aromatic nitrogens is 6. The Bertz CT molecular complexity index is 3040. The Hall–Kier alpha value is -6.92. The third-order valence-electron chi connectivity index (χ3n) is 12.3. The molecule has 2 aliphatic rings. The Morgan fingerprint density at radius 3 is 1.36 bits per heavy atom. The maximum atomic E-state index is 5.00.